The van der Waals surface area contributed by atoms with Crippen LogP contribution in [-0.4, -0.2) is 69.4 Å². The fraction of sp³-hybridized carbons (Fsp3) is 0.485. The lowest BCUT2D eigenvalue weighted by Crippen LogP contribution is -2.54. The van der Waals surface area contributed by atoms with E-state index in [9.17, 15) is 14.5 Å². The monoisotopic (exact) mass is 629 g/mol. The largest absolute Gasteiger partial charge is 0.611 e. The second kappa shape index (κ2) is 13.7. The Hall–Kier alpha value is -2.00. The predicted octanol–water partition coefficient (Wildman–Crippen LogP) is 6.26. The van der Waals surface area contributed by atoms with Crippen LogP contribution in [-0.2, 0) is 16.0 Å². The summed E-state index contributed by atoms with van der Waals surface area (Å²) in [5.41, 5.74) is 2.96. The molecule has 6 nitrogen and oxygen atoms in total. The van der Waals surface area contributed by atoms with Gasteiger partial charge in [-0.25, -0.2) is 0 Å². The van der Waals surface area contributed by atoms with E-state index in [1.807, 2.05) is 72.3 Å². The number of carbonyl (C=O) groups is 1. The number of hydrogen-bond donors (Lipinski definition) is 2. The van der Waals surface area contributed by atoms with Gasteiger partial charge in [-0.1, -0.05) is 60.3 Å². The van der Waals surface area contributed by atoms with Crippen molar-refractivity contribution in [3.63, 3.8) is 0 Å². The molecule has 1 saturated heterocycles. The molecule has 2 N–H and O–H groups in total. The third-order valence-electron chi connectivity index (χ3n) is 9.18. The van der Waals surface area contributed by atoms with Crippen LogP contribution in [0.5, 0.6) is 0 Å². The molecule has 2 aliphatic heterocycles. The number of benzene rings is 2. The van der Waals surface area contributed by atoms with Crippen molar-refractivity contribution in [1.82, 2.24) is 15.1 Å². The topological polar surface area (TPSA) is 78.9 Å². The first-order valence-corrected chi connectivity index (χ1v) is 17.0. The smallest absolute Gasteiger partial charge is 0.228 e. The molecule has 2 heterocycles. The minimum absolute atomic E-state index is 0.0417. The summed E-state index contributed by atoms with van der Waals surface area (Å²) in [6, 6.07) is 15.0. The molecule has 3 aliphatic rings. The molecule has 0 aromatic heterocycles. The Labute approximate surface area is 262 Å². The first-order chi connectivity index (χ1) is 20.2. The highest BCUT2D eigenvalue weighted by Gasteiger charge is 2.36. The van der Waals surface area contributed by atoms with Gasteiger partial charge in [0.1, 0.15) is 0 Å². The number of rotatable bonds is 9. The van der Waals surface area contributed by atoms with Crippen molar-refractivity contribution in [2.75, 3.05) is 32.4 Å². The normalized spacial score (nSPS) is 23.2. The highest BCUT2D eigenvalue weighted by molar-refractivity contribution is 7.91. The summed E-state index contributed by atoms with van der Waals surface area (Å²) in [4.78, 5) is 18.8. The molecule has 2 fully saturated rings. The minimum atomic E-state index is -1.27. The molecule has 1 aliphatic carbocycles. The van der Waals surface area contributed by atoms with Crippen molar-refractivity contribution in [3.8, 4) is 0 Å². The predicted molar refractivity (Wildman–Crippen MR) is 171 cm³/mol. The van der Waals surface area contributed by atoms with Crippen LogP contribution in [0.3, 0.4) is 0 Å². The molecule has 2 aromatic carbocycles. The van der Waals surface area contributed by atoms with Crippen molar-refractivity contribution < 1.29 is 14.5 Å². The summed E-state index contributed by atoms with van der Waals surface area (Å²) < 4.78 is 13.4. The summed E-state index contributed by atoms with van der Waals surface area (Å²) in [6.07, 6.45) is 7.65. The van der Waals surface area contributed by atoms with Gasteiger partial charge in [0.05, 0.1) is 17.7 Å². The van der Waals surface area contributed by atoms with E-state index in [0.29, 0.717) is 22.3 Å². The van der Waals surface area contributed by atoms with E-state index >= 15 is 0 Å². The highest BCUT2D eigenvalue weighted by atomic mass is 35.5. The van der Waals surface area contributed by atoms with Gasteiger partial charge in [-0.2, -0.15) is 0 Å². The van der Waals surface area contributed by atoms with E-state index < -0.39 is 16.8 Å². The maximum atomic E-state index is 14.0. The molecule has 0 bridgehead atoms. The van der Waals surface area contributed by atoms with Crippen molar-refractivity contribution >= 4 is 40.3 Å². The number of hydrogen-bond acceptors (Lipinski definition) is 5. The Balaban J connectivity index is 1.41. The number of nitrogens with one attached hydrogen (secondary N) is 1. The second-order valence-corrected chi connectivity index (χ2v) is 14.1. The minimum Gasteiger partial charge on any atom is -0.611 e. The number of piperazine rings is 1. The molecular weight excluding hydrogens is 589 g/mol. The SMILES string of the molecule is CC1=C(CC(=O)N2CCNCC2CCC2(O)CCCC2)N(C)C(C[S+]([O-])c2ccccc2)=CC1c1c(Cl)cccc1Cl. The van der Waals surface area contributed by atoms with Gasteiger partial charge in [0.15, 0.2) is 10.6 Å². The second-order valence-electron chi connectivity index (χ2n) is 11.9. The van der Waals surface area contributed by atoms with Crippen molar-refractivity contribution in [2.45, 2.75) is 74.3 Å². The fourth-order valence-corrected chi connectivity index (χ4v) is 8.48. The van der Waals surface area contributed by atoms with Crippen LogP contribution >= 0.6 is 23.2 Å². The van der Waals surface area contributed by atoms with Gasteiger partial charge in [-0.05, 0) is 79.7 Å². The van der Waals surface area contributed by atoms with Crippen LogP contribution in [0.25, 0.3) is 0 Å². The first-order valence-electron chi connectivity index (χ1n) is 14.9. The van der Waals surface area contributed by atoms with Crippen molar-refractivity contribution in [3.05, 3.63) is 87.2 Å². The zero-order chi connectivity index (χ0) is 29.9. The molecular formula is C33H41Cl2N3O3S. The lowest BCUT2D eigenvalue weighted by molar-refractivity contribution is -0.134. The number of allylic oxidation sites excluding steroid dienone is 2. The highest BCUT2D eigenvalue weighted by Crippen LogP contribution is 2.43. The Kier molecular flexibility index (Phi) is 10.3. The molecule has 226 valence electrons. The summed E-state index contributed by atoms with van der Waals surface area (Å²) >= 11 is 12.1. The van der Waals surface area contributed by atoms with Crippen molar-refractivity contribution in [1.29, 1.82) is 0 Å². The average molecular weight is 631 g/mol. The first kappa shape index (κ1) is 31.4. The molecule has 42 heavy (non-hydrogen) atoms. The summed E-state index contributed by atoms with van der Waals surface area (Å²) in [7, 11) is 1.95. The summed E-state index contributed by atoms with van der Waals surface area (Å²) in [5, 5.41) is 15.5. The fourth-order valence-electron chi connectivity index (χ4n) is 6.66. The van der Waals surface area contributed by atoms with E-state index in [0.717, 1.165) is 79.0 Å². The zero-order valence-electron chi connectivity index (χ0n) is 24.5. The number of halogens is 2. The van der Waals surface area contributed by atoms with E-state index in [2.05, 4.69) is 11.4 Å². The van der Waals surface area contributed by atoms with E-state index in [1.54, 1.807) is 0 Å². The molecule has 9 heteroatoms. The lowest BCUT2D eigenvalue weighted by Gasteiger charge is -2.40. The Morgan fingerprint density at radius 1 is 1.12 bits per heavy atom. The van der Waals surface area contributed by atoms with E-state index in [1.165, 1.54) is 0 Å². The van der Waals surface area contributed by atoms with Crippen LogP contribution in [0.15, 0.2) is 76.5 Å². The van der Waals surface area contributed by atoms with Gasteiger partial charge in [0.2, 0.25) is 5.91 Å². The molecule has 3 atom stereocenters. The molecule has 5 rings (SSSR count). The summed E-state index contributed by atoms with van der Waals surface area (Å²) in [5.74, 6) is 0.123. The Morgan fingerprint density at radius 2 is 1.81 bits per heavy atom. The maximum Gasteiger partial charge on any atom is 0.228 e. The van der Waals surface area contributed by atoms with Crippen LogP contribution in [0.4, 0.5) is 0 Å². The van der Waals surface area contributed by atoms with E-state index in [-0.39, 0.29) is 24.3 Å². The molecule has 2 aromatic rings. The van der Waals surface area contributed by atoms with Crippen LogP contribution in [0, 0.1) is 0 Å². The molecule has 3 unspecified atom stereocenters. The summed E-state index contributed by atoms with van der Waals surface area (Å²) in [6.45, 7) is 4.16. The lowest BCUT2D eigenvalue weighted by atomic mass is 9.86. The maximum absolute atomic E-state index is 14.0. The average Bonchev–Trinajstić information content (AvgIpc) is 3.43. The van der Waals surface area contributed by atoms with Crippen LogP contribution in [0.2, 0.25) is 10.0 Å². The zero-order valence-corrected chi connectivity index (χ0v) is 26.8. The van der Waals surface area contributed by atoms with Gasteiger partial charge in [-0.15, -0.1) is 0 Å². The Bertz CT molecular complexity index is 1310. The third kappa shape index (κ3) is 7.03. The van der Waals surface area contributed by atoms with E-state index in [4.69, 9.17) is 23.2 Å². The molecule has 1 saturated carbocycles. The molecule has 1 amide bonds. The number of nitrogens with zero attached hydrogens (tertiary/aromatic N) is 2. The standard InChI is InChI=1S/C33H41Cl2N3O3S/c1-23-27(32-28(34)11-8-12-29(32)35)19-25(22-42(41)26-9-4-3-5-10-26)37(2)30(23)20-31(39)38-18-17-36-21-24(38)13-16-33(40)14-6-7-15-33/h3-5,8-12,19,24,27,36,40H,6-7,13-18,20-22H2,1-2H3. The quantitative estimate of drug-likeness (QED) is 0.320. The van der Waals surface area contributed by atoms with Gasteiger partial charge < -0.3 is 24.8 Å². The molecule has 0 radical (unpaired) electrons. The van der Waals surface area contributed by atoms with Gasteiger partial charge in [-0.3, -0.25) is 4.79 Å². The van der Waals surface area contributed by atoms with Crippen molar-refractivity contribution in [2.24, 2.45) is 0 Å². The van der Waals surface area contributed by atoms with Gasteiger partial charge >= 0.3 is 0 Å². The third-order valence-corrected chi connectivity index (χ3v) is 11.2. The number of amides is 1. The number of carbonyl (C=O) groups excluding carboxylic acids is 1. The molecule has 0 spiro atoms. The number of aliphatic hydroxyl groups is 1. The Morgan fingerprint density at radius 3 is 2.50 bits per heavy atom. The van der Waals surface area contributed by atoms with Gasteiger partial charge in [0, 0.05) is 59.9 Å². The van der Waals surface area contributed by atoms with Crippen LogP contribution < -0.4 is 5.32 Å². The van der Waals surface area contributed by atoms with Gasteiger partial charge in [0.25, 0.3) is 0 Å². The van der Waals surface area contributed by atoms with Crippen LogP contribution in [0.1, 0.15) is 63.4 Å².